The summed E-state index contributed by atoms with van der Waals surface area (Å²) in [6, 6.07) is 8.19. The van der Waals surface area contributed by atoms with Crippen LogP contribution in [0.2, 0.25) is 0 Å². The first kappa shape index (κ1) is 14.7. The molecule has 0 aromatic heterocycles. The van der Waals surface area contributed by atoms with E-state index in [0.29, 0.717) is 6.42 Å². The van der Waals surface area contributed by atoms with Gasteiger partial charge in [-0.1, -0.05) is 6.07 Å². The van der Waals surface area contributed by atoms with Gasteiger partial charge in [0.05, 0.1) is 13.2 Å². The van der Waals surface area contributed by atoms with Gasteiger partial charge in [0.15, 0.2) is 0 Å². The Morgan fingerprint density at radius 2 is 2.25 bits per heavy atom. The SMILES string of the molecule is COc1ccc2c(c1)OC(C)(C)CN(CCCC#N)C2. The van der Waals surface area contributed by atoms with Crippen LogP contribution >= 0.6 is 0 Å². The van der Waals surface area contributed by atoms with Gasteiger partial charge in [-0.2, -0.15) is 5.26 Å². The molecule has 0 fully saturated rings. The molecule has 0 N–H and O–H groups in total. The Morgan fingerprint density at radius 1 is 1.45 bits per heavy atom. The molecule has 0 unspecified atom stereocenters. The molecule has 1 aromatic carbocycles. The second kappa shape index (κ2) is 6.15. The van der Waals surface area contributed by atoms with E-state index in [2.05, 4.69) is 30.9 Å². The third-order valence-electron chi connectivity index (χ3n) is 3.42. The van der Waals surface area contributed by atoms with E-state index in [4.69, 9.17) is 14.7 Å². The van der Waals surface area contributed by atoms with Crippen LogP contribution < -0.4 is 9.47 Å². The van der Waals surface area contributed by atoms with Crippen molar-refractivity contribution in [2.24, 2.45) is 0 Å². The zero-order chi connectivity index (χ0) is 14.6. The average molecular weight is 274 g/mol. The summed E-state index contributed by atoms with van der Waals surface area (Å²) in [5.74, 6) is 1.72. The lowest BCUT2D eigenvalue weighted by molar-refractivity contribution is 0.0707. The average Bonchev–Trinajstić information content (AvgIpc) is 2.52. The number of hydrogen-bond acceptors (Lipinski definition) is 4. The van der Waals surface area contributed by atoms with Crippen molar-refractivity contribution in [3.8, 4) is 17.6 Å². The number of ether oxygens (including phenoxy) is 2. The summed E-state index contributed by atoms with van der Waals surface area (Å²) in [5.41, 5.74) is 0.929. The number of methoxy groups -OCH3 is 1. The van der Waals surface area contributed by atoms with Gasteiger partial charge in [-0.15, -0.1) is 0 Å². The minimum absolute atomic E-state index is 0.246. The van der Waals surface area contributed by atoms with Crippen molar-refractivity contribution in [1.29, 1.82) is 5.26 Å². The maximum absolute atomic E-state index is 8.66. The molecule has 0 bridgehead atoms. The number of benzene rings is 1. The van der Waals surface area contributed by atoms with Crippen LogP contribution in [-0.4, -0.2) is 30.7 Å². The van der Waals surface area contributed by atoms with Gasteiger partial charge in [-0.3, -0.25) is 4.90 Å². The quantitative estimate of drug-likeness (QED) is 0.792. The number of nitriles is 1. The first-order valence-corrected chi connectivity index (χ1v) is 6.99. The number of hydrogen-bond donors (Lipinski definition) is 0. The largest absolute Gasteiger partial charge is 0.497 e. The van der Waals surface area contributed by atoms with Crippen LogP contribution in [0, 0.1) is 11.3 Å². The molecule has 0 amide bonds. The fourth-order valence-electron chi connectivity index (χ4n) is 2.59. The third-order valence-corrected chi connectivity index (χ3v) is 3.42. The predicted molar refractivity (Wildman–Crippen MR) is 77.8 cm³/mol. The minimum Gasteiger partial charge on any atom is -0.497 e. The zero-order valence-electron chi connectivity index (χ0n) is 12.5. The third kappa shape index (κ3) is 3.64. The summed E-state index contributed by atoms with van der Waals surface area (Å²) in [4.78, 5) is 2.36. The van der Waals surface area contributed by atoms with E-state index in [9.17, 15) is 0 Å². The van der Waals surface area contributed by atoms with E-state index in [0.717, 1.165) is 37.6 Å². The molecule has 0 radical (unpaired) electrons. The van der Waals surface area contributed by atoms with E-state index >= 15 is 0 Å². The highest BCUT2D eigenvalue weighted by molar-refractivity contribution is 5.41. The Labute approximate surface area is 120 Å². The molecule has 20 heavy (non-hydrogen) atoms. The molecule has 1 aromatic rings. The maximum Gasteiger partial charge on any atom is 0.128 e. The van der Waals surface area contributed by atoms with E-state index in [1.807, 2.05) is 12.1 Å². The van der Waals surface area contributed by atoms with Gasteiger partial charge in [-0.05, 0) is 32.9 Å². The second-order valence-electron chi connectivity index (χ2n) is 5.81. The summed E-state index contributed by atoms with van der Waals surface area (Å²) >= 11 is 0. The Balaban J connectivity index is 2.19. The van der Waals surface area contributed by atoms with Gasteiger partial charge in [0.1, 0.15) is 17.1 Å². The summed E-state index contributed by atoms with van der Waals surface area (Å²) in [5, 5.41) is 8.66. The fraction of sp³-hybridized carbons (Fsp3) is 0.562. The van der Waals surface area contributed by atoms with Gasteiger partial charge < -0.3 is 9.47 Å². The molecule has 1 heterocycles. The standard InChI is InChI=1S/C16H22N2O2/c1-16(2)12-18(9-5-4-8-17)11-13-6-7-14(19-3)10-15(13)20-16/h6-7,10H,4-5,9,11-12H2,1-3H3. The molecule has 0 saturated carbocycles. The summed E-state index contributed by atoms with van der Waals surface area (Å²) in [6.45, 7) is 6.83. The molecule has 1 aliphatic rings. The van der Waals surface area contributed by atoms with E-state index < -0.39 is 0 Å². The number of nitrogens with zero attached hydrogens (tertiary/aromatic N) is 2. The Morgan fingerprint density at radius 3 is 2.95 bits per heavy atom. The van der Waals surface area contributed by atoms with Gasteiger partial charge in [0.25, 0.3) is 0 Å². The van der Waals surface area contributed by atoms with Crippen LogP contribution in [0.3, 0.4) is 0 Å². The molecule has 0 aliphatic carbocycles. The van der Waals surface area contributed by atoms with E-state index in [1.54, 1.807) is 7.11 Å². The van der Waals surface area contributed by atoms with Crippen LogP contribution in [0.5, 0.6) is 11.5 Å². The molecule has 4 nitrogen and oxygen atoms in total. The lowest BCUT2D eigenvalue weighted by Crippen LogP contribution is -2.40. The predicted octanol–water partition coefficient (Wildman–Crippen LogP) is 2.97. The van der Waals surface area contributed by atoms with Gasteiger partial charge in [-0.25, -0.2) is 0 Å². The van der Waals surface area contributed by atoms with Crippen molar-refractivity contribution < 1.29 is 9.47 Å². The molecule has 4 heteroatoms. The molecule has 2 rings (SSSR count). The van der Waals surface area contributed by atoms with Crippen molar-refractivity contribution in [2.45, 2.75) is 38.8 Å². The van der Waals surface area contributed by atoms with E-state index in [-0.39, 0.29) is 5.60 Å². The molecule has 108 valence electrons. The Bertz CT molecular complexity index is 506. The summed E-state index contributed by atoms with van der Waals surface area (Å²) in [6.07, 6.45) is 1.51. The number of unbranched alkanes of at least 4 members (excludes halogenated alkanes) is 1. The maximum atomic E-state index is 8.66. The van der Waals surface area contributed by atoms with Gasteiger partial charge >= 0.3 is 0 Å². The minimum atomic E-state index is -0.246. The smallest absolute Gasteiger partial charge is 0.128 e. The van der Waals surface area contributed by atoms with Crippen molar-refractivity contribution in [2.75, 3.05) is 20.2 Å². The highest BCUT2D eigenvalue weighted by Crippen LogP contribution is 2.32. The lowest BCUT2D eigenvalue weighted by Gasteiger charge is -2.29. The van der Waals surface area contributed by atoms with Crippen molar-refractivity contribution in [3.05, 3.63) is 23.8 Å². The summed E-state index contributed by atoms with van der Waals surface area (Å²) < 4.78 is 11.4. The van der Waals surface area contributed by atoms with Crippen LogP contribution in [-0.2, 0) is 6.54 Å². The molecule has 1 aliphatic heterocycles. The first-order chi connectivity index (χ1) is 9.54. The Kier molecular flexibility index (Phi) is 4.51. The Hall–Kier alpha value is -1.73. The lowest BCUT2D eigenvalue weighted by atomic mass is 10.1. The van der Waals surface area contributed by atoms with Crippen molar-refractivity contribution in [1.82, 2.24) is 4.90 Å². The van der Waals surface area contributed by atoms with Crippen LogP contribution in [0.4, 0.5) is 0 Å². The van der Waals surface area contributed by atoms with Gasteiger partial charge in [0, 0.05) is 31.1 Å². The van der Waals surface area contributed by atoms with Crippen LogP contribution in [0.15, 0.2) is 18.2 Å². The molecular formula is C16H22N2O2. The molecule has 0 spiro atoms. The normalized spacial score (nSPS) is 17.5. The second-order valence-corrected chi connectivity index (χ2v) is 5.81. The molecule has 0 saturated heterocycles. The number of fused-ring (bicyclic) bond motifs is 1. The van der Waals surface area contributed by atoms with Crippen LogP contribution in [0.1, 0.15) is 32.3 Å². The first-order valence-electron chi connectivity index (χ1n) is 6.99. The fourth-order valence-corrected chi connectivity index (χ4v) is 2.59. The van der Waals surface area contributed by atoms with Crippen molar-refractivity contribution in [3.63, 3.8) is 0 Å². The topological polar surface area (TPSA) is 45.5 Å². The number of rotatable bonds is 4. The molecule has 0 atom stereocenters. The van der Waals surface area contributed by atoms with Gasteiger partial charge in [0.2, 0.25) is 0 Å². The van der Waals surface area contributed by atoms with E-state index in [1.165, 1.54) is 5.56 Å². The van der Waals surface area contributed by atoms with Crippen molar-refractivity contribution >= 4 is 0 Å². The zero-order valence-corrected chi connectivity index (χ0v) is 12.5. The van der Waals surface area contributed by atoms with Crippen LogP contribution in [0.25, 0.3) is 0 Å². The highest BCUT2D eigenvalue weighted by Gasteiger charge is 2.29. The highest BCUT2D eigenvalue weighted by atomic mass is 16.5. The monoisotopic (exact) mass is 274 g/mol. The summed E-state index contributed by atoms with van der Waals surface area (Å²) in [7, 11) is 1.66. The molecular weight excluding hydrogens is 252 g/mol.